The van der Waals surface area contributed by atoms with E-state index in [1.54, 1.807) is 0 Å². The molecule has 1 aliphatic carbocycles. The van der Waals surface area contributed by atoms with Gasteiger partial charge in [-0.05, 0) is 38.5 Å². The Balaban J connectivity index is 2.06. The van der Waals surface area contributed by atoms with Crippen LogP contribution in [-0.2, 0) is 4.74 Å². The highest BCUT2D eigenvalue weighted by Crippen LogP contribution is 2.45. The van der Waals surface area contributed by atoms with E-state index < -0.39 is 0 Å². The molecule has 0 amide bonds. The molecule has 0 aromatic carbocycles. The summed E-state index contributed by atoms with van der Waals surface area (Å²) in [5.41, 5.74) is 5.95. The summed E-state index contributed by atoms with van der Waals surface area (Å²) in [7, 11) is 0. The van der Waals surface area contributed by atoms with E-state index in [-0.39, 0.29) is 17.6 Å². The summed E-state index contributed by atoms with van der Waals surface area (Å²) in [5, 5.41) is 10.8. The lowest BCUT2D eigenvalue weighted by molar-refractivity contribution is -0.105. The van der Waals surface area contributed by atoms with Gasteiger partial charge in [0.25, 0.3) is 0 Å². The Morgan fingerprint density at radius 1 is 1.39 bits per heavy atom. The van der Waals surface area contributed by atoms with Crippen LogP contribution in [0.3, 0.4) is 0 Å². The molecule has 5 atom stereocenters. The van der Waals surface area contributed by atoms with Gasteiger partial charge in [0.15, 0.2) is 0 Å². The molecule has 1 saturated carbocycles. The molecule has 0 aromatic heterocycles. The molecule has 2 rings (SSSR count). The average Bonchev–Trinajstić information content (AvgIpc) is 2.84. The Labute approximate surface area is 111 Å². The maximum Gasteiger partial charge on any atom is 0.0870 e. The molecule has 3 N–H and O–H groups in total. The summed E-state index contributed by atoms with van der Waals surface area (Å²) >= 11 is 0. The van der Waals surface area contributed by atoms with Crippen LogP contribution in [0.4, 0.5) is 0 Å². The molecule has 0 aromatic rings. The van der Waals surface area contributed by atoms with Gasteiger partial charge in [-0.2, -0.15) is 0 Å². The maximum absolute atomic E-state index is 10.8. The number of ether oxygens (including phenoxy) is 1. The van der Waals surface area contributed by atoms with Crippen molar-refractivity contribution in [3.05, 3.63) is 0 Å². The van der Waals surface area contributed by atoms with Crippen LogP contribution >= 0.6 is 0 Å². The molecule has 1 saturated heterocycles. The van der Waals surface area contributed by atoms with Gasteiger partial charge in [0.1, 0.15) is 0 Å². The van der Waals surface area contributed by atoms with Crippen molar-refractivity contribution in [3.63, 3.8) is 0 Å². The molecule has 1 heterocycles. The van der Waals surface area contributed by atoms with E-state index in [4.69, 9.17) is 10.5 Å². The lowest BCUT2D eigenvalue weighted by atomic mass is 9.64. The molecular weight excluding hydrogens is 226 g/mol. The van der Waals surface area contributed by atoms with Gasteiger partial charge in [0.2, 0.25) is 0 Å². The van der Waals surface area contributed by atoms with Crippen LogP contribution in [0.5, 0.6) is 0 Å². The third-order valence-electron chi connectivity index (χ3n) is 5.21. The predicted molar refractivity (Wildman–Crippen MR) is 73.3 cm³/mol. The van der Waals surface area contributed by atoms with Gasteiger partial charge in [-0.3, -0.25) is 0 Å². The van der Waals surface area contributed by atoms with Crippen molar-refractivity contribution in [1.29, 1.82) is 0 Å². The summed E-state index contributed by atoms with van der Waals surface area (Å²) in [6, 6.07) is 0. The molecule has 2 fully saturated rings. The van der Waals surface area contributed by atoms with E-state index >= 15 is 0 Å². The van der Waals surface area contributed by atoms with Gasteiger partial charge in [0, 0.05) is 12.0 Å². The summed E-state index contributed by atoms with van der Waals surface area (Å²) in [4.78, 5) is 0. The average molecular weight is 255 g/mol. The van der Waals surface area contributed by atoms with Crippen molar-refractivity contribution in [2.45, 2.75) is 77.1 Å². The predicted octanol–water partition coefficient (Wildman–Crippen LogP) is 2.46. The van der Waals surface area contributed by atoms with E-state index in [2.05, 4.69) is 13.8 Å². The van der Waals surface area contributed by atoms with Crippen molar-refractivity contribution in [3.8, 4) is 0 Å². The minimum Gasteiger partial charge on any atom is -0.390 e. The Bertz CT molecular complexity index is 271. The van der Waals surface area contributed by atoms with E-state index in [9.17, 15) is 5.11 Å². The first-order valence-electron chi connectivity index (χ1n) is 7.65. The number of hydrogen-bond donors (Lipinski definition) is 2. The van der Waals surface area contributed by atoms with Gasteiger partial charge >= 0.3 is 0 Å². The zero-order valence-corrected chi connectivity index (χ0v) is 11.9. The molecule has 5 unspecified atom stereocenters. The second-order valence-electron chi connectivity index (χ2n) is 6.44. The fraction of sp³-hybridized carbons (Fsp3) is 1.00. The quantitative estimate of drug-likeness (QED) is 0.811. The smallest absolute Gasteiger partial charge is 0.0870 e. The number of hydrogen-bond acceptors (Lipinski definition) is 3. The summed E-state index contributed by atoms with van der Waals surface area (Å²) < 4.78 is 5.87. The third kappa shape index (κ3) is 2.73. The van der Waals surface area contributed by atoms with Crippen LogP contribution in [0.2, 0.25) is 0 Å². The molecule has 0 spiro atoms. The third-order valence-corrected chi connectivity index (χ3v) is 5.21. The highest BCUT2D eigenvalue weighted by molar-refractivity contribution is 4.97. The minimum atomic E-state index is -0.373. The minimum absolute atomic E-state index is 0.0131. The van der Waals surface area contributed by atoms with E-state index in [0.717, 1.165) is 31.6 Å². The van der Waals surface area contributed by atoms with Crippen LogP contribution in [0, 0.1) is 11.3 Å². The summed E-state index contributed by atoms with van der Waals surface area (Å²) in [5.74, 6) is 0.732. The summed E-state index contributed by atoms with van der Waals surface area (Å²) in [6.07, 6.45) is 7.84. The number of nitrogens with two attached hydrogens (primary N) is 1. The normalized spacial score (nSPS) is 43.0. The van der Waals surface area contributed by atoms with E-state index in [0.29, 0.717) is 12.6 Å². The molecule has 106 valence electrons. The number of aliphatic hydroxyl groups is 1. The Morgan fingerprint density at radius 3 is 2.72 bits per heavy atom. The standard InChI is InChI=1S/C15H29NO2/c1-3-12-5-4-8-15(9-12,10-16)14(17)13-7-6-11(2)18-13/h11-14,17H,3-10,16H2,1-2H3. The zero-order valence-electron chi connectivity index (χ0n) is 11.9. The van der Waals surface area contributed by atoms with Crippen molar-refractivity contribution in [2.24, 2.45) is 17.1 Å². The van der Waals surface area contributed by atoms with Gasteiger partial charge in [-0.1, -0.05) is 26.2 Å². The maximum atomic E-state index is 10.8. The number of rotatable bonds is 4. The van der Waals surface area contributed by atoms with E-state index in [1.165, 1.54) is 19.3 Å². The van der Waals surface area contributed by atoms with E-state index in [1.807, 2.05) is 0 Å². The lowest BCUT2D eigenvalue weighted by Gasteiger charge is -2.45. The highest BCUT2D eigenvalue weighted by Gasteiger charge is 2.45. The second kappa shape index (κ2) is 5.89. The lowest BCUT2D eigenvalue weighted by Crippen LogP contribution is -2.50. The van der Waals surface area contributed by atoms with Gasteiger partial charge in [-0.25, -0.2) is 0 Å². The van der Waals surface area contributed by atoms with Crippen molar-refractivity contribution in [1.82, 2.24) is 0 Å². The SMILES string of the molecule is CCC1CCCC(CN)(C(O)C2CCC(C)O2)C1. The molecular formula is C15H29NO2. The van der Waals surface area contributed by atoms with Gasteiger partial charge in [0.05, 0.1) is 18.3 Å². The fourth-order valence-corrected chi connectivity index (χ4v) is 3.91. The van der Waals surface area contributed by atoms with Gasteiger partial charge < -0.3 is 15.6 Å². The second-order valence-corrected chi connectivity index (χ2v) is 6.44. The summed E-state index contributed by atoms with van der Waals surface area (Å²) in [6.45, 7) is 4.94. The van der Waals surface area contributed by atoms with Crippen molar-refractivity contribution < 1.29 is 9.84 Å². The van der Waals surface area contributed by atoms with Crippen LogP contribution in [0.15, 0.2) is 0 Å². The Morgan fingerprint density at radius 2 is 2.17 bits per heavy atom. The molecule has 2 aliphatic rings. The van der Waals surface area contributed by atoms with Crippen LogP contribution in [0.25, 0.3) is 0 Å². The Kier molecular flexibility index (Phi) is 4.68. The van der Waals surface area contributed by atoms with Crippen LogP contribution in [-0.4, -0.2) is 30.0 Å². The largest absolute Gasteiger partial charge is 0.390 e. The molecule has 3 heteroatoms. The zero-order chi connectivity index (χ0) is 13.2. The topological polar surface area (TPSA) is 55.5 Å². The molecule has 0 radical (unpaired) electrons. The van der Waals surface area contributed by atoms with Gasteiger partial charge in [-0.15, -0.1) is 0 Å². The molecule has 0 bridgehead atoms. The van der Waals surface area contributed by atoms with Crippen LogP contribution < -0.4 is 5.73 Å². The van der Waals surface area contributed by atoms with Crippen LogP contribution in [0.1, 0.15) is 58.8 Å². The highest BCUT2D eigenvalue weighted by atomic mass is 16.5. The number of aliphatic hydroxyl groups excluding tert-OH is 1. The molecule has 1 aliphatic heterocycles. The Hall–Kier alpha value is -0.120. The van der Waals surface area contributed by atoms with Crippen molar-refractivity contribution in [2.75, 3.05) is 6.54 Å². The molecule has 18 heavy (non-hydrogen) atoms. The van der Waals surface area contributed by atoms with Crippen molar-refractivity contribution >= 4 is 0 Å². The molecule has 3 nitrogen and oxygen atoms in total. The first-order chi connectivity index (χ1) is 8.61. The monoisotopic (exact) mass is 255 g/mol. The first-order valence-corrected chi connectivity index (χ1v) is 7.65. The first kappa shape index (κ1) is 14.3. The fourth-order valence-electron chi connectivity index (χ4n) is 3.91.